The zero-order chi connectivity index (χ0) is 15.6. The fourth-order valence-electron chi connectivity index (χ4n) is 2.00. The number of carbonyl (C=O) groups excluding carboxylic acids is 1. The Hall–Kier alpha value is -2.16. The molecule has 1 heterocycles. The van der Waals surface area contributed by atoms with Crippen LogP contribution in [0.5, 0.6) is 0 Å². The van der Waals surface area contributed by atoms with E-state index in [0.29, 0.717) is 10.6 Å². The fraction of sp³-hybridized carbons (Fsp3) is 0.250. The molecular formula is C16H17N3OS. The van der Waals surface area contributed by atoms with Gasteiger partial charge in [0, 0.05) is 4.88 Å². The smallest absolute Gasteiger partial charge is 0.249 e. The van der Waals surface area contributed by atoms with Crippen molar-refractivity contribution in [2.24, 2.45) is 5.73 Å². The molecule has 5 heteroatoms. The van der Waals surface area contributed by atoms with Crippen molar-refractivity contribution in [2.45, 2.75) is 26.3 Å². The molecule has 3 N–H and O–H groups in total. The maximum Gasteiger partial charge on any atom is 0.249 e. The second-order valence-electron chi connectivity index (χ2n) is 5.12. The lowest BCUT2D eigenvalue weighted by Gasteiger charge is -2.23. The van der Waals surface area contributed by atoms with Gasteiger partial charge in [-0.05, 0) is 31.9 Å². The molecular weight excluding hydrogens is 282 g/mol. The van der Waals surface area contributed by atoms with Gasteiger partial charge in [-0.25, -0.2) is 0 Å². The molecule has 0 spiro atoms. The summed E-state index contributed by atoms with van der Waals surface area (Å²) in [5.74, 6) is -0.327. The minimum Gasteiger partial charge on any atom is -0.315 e. The highest BCUT2D eigenvalue weighted by Gasteiger charge is 2.31. The number of benzene rings is 1. The predicted octanol–water partition coefficient (Wildman–Crippen LogP) is 3.05. The minimum atomic E-state index is -1.15. The Bertz CT molecular complexity index is 711. The van der Waals surface area contributed by atoms with Gasteiger partial charge in [-0.1, -0.05) is 30.3 Å². The monoisotopic (exact) mass is 299 g/mol. The lowest BCUT2D eigenvalue weighted by atomic mass is 9.92. The Morgan fingerprint density at radius 2 is 1.95 bits per heavy atom. The number of carbonyl (C=O) groups is 1. The van der Waals surface area contributed by atoms with Gasteiger partial charge in [0.15, 0.2) is 0 Å². The summed E-state index contributed by atoms with van der Waals surface area (Å²) >= 11 is 1.40. The number of thiophene rings is 1. The summed E-state index contributed by atoms with van der Waals surface area (Å²) in [5.41, 5.74) is 7.16. The number of rotatable bonds is 3. The molecule has 1 unspecified atom stereocenters. The maximum atomic E-state index is 12.5. The van der Waals surface area contributed by atoms with Crippen molar-refractivity contribution in [1.82, 2.24) is 0 Å². The lowest BCUT2D eigenvalue weighted by Crippen LogP contribution is -2.45. The van der Waals surface area contributed by atoms with E-state index in [1.807, 2.05) is 44.2 Å². The van der Waals surface area contributed by atoms with Crippen molar-refractivity contribution in [3.05, 3.63) is 51.9 Å². The molecule has 1 aromatic carbocycles. The first-order chi connectivity index (χ1) is 9.87. The van der Waals surface area contributed by atoms with Crippen molar-refractivity contribution >= 4 is 22.2 Å². The third kappa shape index (κ3) is 2.82. The van der Waals surface area contributed by atoms with Gasteiger partial charge in [0.05, 0.1) is 5.56 Å². The summed E-state index contributed by atoms with van der Waals surface area (Å²) in [6, 6.07) is 11.3. The second kappa shape index (κ2) is 5.68. The van der Waals surface area contributed by atoms with Crippen LogP contribution in [0.3, 0.4) is 0 Å². The van der Waals surface area contributed by atoms with Crippen molar-refractivity contribution < 1.29 is 4.79 Å². The Kier molecular flexibility index (Phi) is 4.12. The zero-order valence-corrected chi connectivity index (χ0v) is 13.0. The van der Waals surface area contributed by atoms with E-state index in [0.717, 1.165) is 16.0 Å². The fourth-order valence-corrected chi connectivity index (χ4v) is 3.00. The summed E-state index contributed by atoms with van der Waals surface area (Å²) < 4.78 is 0. The normalized spacial score (nSPS) is 13.3. The Labute approximate surface area is 128 Å². The molecule has 108 valence electrons. The molecule has 4 nitrogen and oxygen atoms in total. The molecule has 0 aliphatic heterocycles. The van der Waals surface area contributed by atoms with Gasteiger partial charge in [0.25, 0.3) is 0 Å². The maximum absolute atomic E-state index is 12.5. The van der Waals surface area contributed by atoms with Crippen molar-refractivity contribution in [1.29, 1.82) is 5.26 Å². The van der Waals surface area contributed by atoms with Gasteiger partial charge in [0.2, 0.25) is 5.91 Å². The van der Waals surface area contributed by atoms with Crippen LogP contribution in [0.15, 0.2) is 30.3 Å². The van der Waals surface area contributed by atoms with E-state index in [4.69, 9.17) is 5.73 Å². The SMILES string of the molecule is Cc1sc(NC(=O)C(C)(N)c2ccccc2)c(C#N)c1C. The quantitative estimate of drug-likeness (QED) is 0.914. The van der Waals surface area contributed by atoms with Gasteiger partial charge >= 0.3 is 0 Å². The first-order valence-corrected chi connectivity index (χ1v) is 7.35. The van der Waals surface area contributed by atoms with E-state index in [1.165, 1.54) is 11.3 Å². The average molecular weight is 299 g/mol. The third-order valence-corrected chi connectivity index (χ3v) is 4.69. The molecule has 0 bridgehead atoms. The van der Waals surface area contributed by atoms with Gasteiger partial charge in [-0.15, -0.1) is 11.3 Å². The standard InChI is InChI=1S/C16H17N3OS/c1-10-11(2)21-14(13(10)9-17)19-15(20)16(3,18)12-7-5-4-6-8-12/h4-8H,18H2,1-3H3,(H,19,20). The number of nitrogens with two attached hydrogens (primary N) is 1. The molecule has 1 atom stereocenters. The van der Waals surface area contributed by atoms with Crippen LogP contribution < -0.4 is 11.1 Å². The average Bonchev–Trinajstić information content (AvgIpc) is 2.74. The summed E-state index contributed by atoms with van der Waals surface area (Å²) in [4.78, 5) is 13.5. The number of hydrogen-bond donors (Lipinski definition) is 2. The molecule has 0 radical (unpaired) electrons. The van der Waals surface area contributed by atoms with E-state index < -0.39 is 5.54 Å². The molecule has 1 amide bonds. The van der Waals surface area contributed by atoms with Gasteiger partial charge < -0.3 is 11.1 Å². The van der Waals surface area contributed by atoms with Crippen LogP contribution in [0.25, 0.3) is 0 Å². The molecule has 0 fully saturated rings. The molecule has 1 aromatic heterocycles. The molecule has 2 rings (SSSR count). The first kappa shape index (κ1) is 15.2. The van der Waals surface area contributed by atoms with Crippen LogP contribution in [0.2, 0.25) is 0 Å². The van der Waals surface area contributed by atoms with Crippen LogP contribution in [0, 0.1) is 25.2 Å². The van der Waals surface area contributed by atoms with Gasteiger partial charge in [-0.3, -0.25) is 4.79 Å². The number of hydrogen-bond acceptors (Lipinski definition) is 4. The van der Waals surface area contributed by atoms with E-state index >= 15 is 0 Å². The summed E-state index contributed by atoms with van der Waals surface area (Å²) in [6.45, 7) is 5.46. The highest BCUT2D eigenvalue weighted by Crippen LogP contribution is 2.32. The van der Waals surface area contributed by atoms with E-state index in [1.54, 1.807) is 6.92 Å². The van der Waals surface area contributed by atoms with Gasteiger partial charge in [0.1, 0.15) is 16.6 Å². The number of nitrogens with one attached hydrogen (secondary N) is 1. The van der Waals surface area contributed by atoms with Crippen molar-refractivity contribution in [3.63, 3.8) is 0 Å². The van der Waals surface area contributed by atoms with E-state index in [-0.39, 0.29) is 5.91 Å². The second-order valence-corrected chi connectivity index (χ2v) is 6.35. The molecule has 0 aliphatic carbocycles. The van der Waals surface area contributed by atoms with Crippen molar-refractivity contribution in [2.75, 3.05) is 5.32 Å². The molecule has 0 saturated heterocycles. The highest BCUT2D eigenvalue weighted by molar-refractivity contribution is 7.16. The molecule has 2 aromatic rings. The van der Waals surface area contributed by atoms with E-state index in [9.17, 15) is 10.1 Å². The molecule has 0 saturated carbocycles. The summed E-state index contributed by atoms with van der Waals surface area (Å²) in [7, 11) is 0. The third-order valence-electron chi connectivity index (χ3n) is 3.57. The Morgan fingerprint density at radius 3 is 2.52 bits per heavy atom. The Balaban J connectivity index is 2.31. The number of anilines is 1. The number of nitriles is 1. The first-order valence-electron chi connectivity index (χ1n) is 6.54. The number of nitrogens with zero attached hydrogens (tertiary/aromatic N) is 1. The summed E-state index contributed by atoms with van der Waals surface area (Å²) in [6.07, 6.45) is 0. The lowest BCUT2D eigenvalue weighted by molar-refractivity contribution is -0.120. The van der Waals surface area contributed by atoms with Crippen LogP contribution in [-0.2, 0) is 10.3 Å². The van der Waals surface area contributed by atoms with Crippen molar-refractivity contribution in [3.8, 4) is 6.07 Å². The van der Waals surface area contributed by atoms with Crippen LogP contribution in [0.1, 0.15) is 28.5 Å². The van der Waals surface area contributed by atoms with E-state index in [2.05, 4.69) is 11.4 Å². The molecule has 21 heavy (non-hydrogen) atoms. The van der Waals surface area contributed by atoms with Crippen LogP contribution in [-0.4, -0.2) is 5.91 Å². The topological polar surface area (TPSA) is 78.9 Å². The van der Waals surface area contributed by atoms with Gasteiger partial charge in [-0.2, -0.15) is 5.26 Å². The number of aryl methyl sites for hydroxylation is 1. The predicted molar refractivity (Wildman–Crippen MR) is 85.1 cm³/mol. The van der Waals surface area contributed by atoms with Crippen LogP contribution >= 0.6 is 11.3 Å². The highest BCUT2D eigenvalue weighted by atomic mass is 32.1. The van der Waals surface area contributed by atoms with Crippen LogP contribution in [0.4, 0.5) is 5.00 Å². The number of amides is 1. The molecule has 0 aliphatic rings. The Morgan fingerprint density at radius 1 is 1.33 bits per heavy atom. The zero-order valence-electron chi connectivity index (χ0n) is 12.2. The minimum absolute atomic E-state index is 0.327. The summed E-state index contributed by atoms with van der Waals surface area (Å²) in [5, 5.41) is 12.6. The largest absolute Gasteiger partial charge is 0.315 e.